The van der Waals surface area contributed by atoms with Crippen LogP contribution < -0.4 is 5.32 Å². The van der Waals surface area contributed by atoms with E-state index in [1.165, 1.54) is 6.07 Å². The lowest BCUT2D eigenvalue weighted by molar-refractivity contribution is 0.0916. The molecule has 2 N–H and O–H groups in total. The number of nitrogens with one attached hydrogen (secondary N) is 1. The number of carbonyl (C=O) groups is 1. The first-order chi connectivity index (χ1) is 8.86. The molecule has 3 nitrogen and oxygen atoms in total. The first-order valence-electron chi connectivity index (χ1n) is 6.24. The van der Waals surface area contributed by atoms with Crippen molar-refractivity contribution >= 4 is 17.5 Å². The molecule has 0 aliphatic carbocycles. The van der Waals surface area contributed by atoms with Gasteiger partial charge in [-0.1, -0.05) is 25.4 Å². The van der Waals surface area contributed by atoms with Crippen molar-refractivity contribution in [1.82, 2.24) is 5.32 Å². The van der Waals surface area contributed by atoms with Crippen molar-refractivity contribution < 1.29 is 14.3 Å². The average Bonchev–Trinajstić information content (AvgIpc) is 2.32. The molecular weight excluding hydrogens is 269 g/mol. The largest absolute Gasteiger partial charge is 0.396 e. The molecule has 0 fully saturated rings. The van der Waals surface area contributed by atoms with Crippen LogP contribution in [-0.2, 0) is 0 Å². The second-order valence-electron chi connectivity index (χ2n) is 4.92. The van der Waals surface area contributed by atoms with Gasteiger partial charge in [-0.05, 0) is 37.0 Å². The second-order valence-corrected chi connectivity index (χ2v) is 5.32. The quantitative estimate of drug-likeness (QED) is 0.875. The molecule has 1 aromatic carbocycles. The van der Waals surface area contributed by atoms with E-state index in [9.17, 15) is 9.18 Å². The minimum Gasteiger partial charge on any atom is -0.396 e. The molecule has 1 aromatic rings. The van der Waals surface area contributed by atoms with Crippen LogP contribution in [0.3, 0.4) is 0 Å². The lowest BCUT2D eigenvalue weighted by Crippen LogP contribution is -2.39. The molecule has 0 heterocycles. The number of hydrogen-bond acceptors (Lipinski definition) is 2. The van der Waals surface area contributed by atoms with E-state index in [0.29, 0.717) is 12.0 Å². The predicted octanol–water partition coefficient (Wildman–Crippen LogP) is 2.92. The minimum atomic E-state index is -0.433. The molecule has 0 spiro atoms. The fourth-order valence-electron chi connectivity index (χ4n) is 1.79. The van der Waals surface area contributed by atoms with Crippen molar-refractivity contribution in [3.8, 4) is 0 Å². The van der Waals surface area contributed by atoms with Crippen LogP contribution in [0.15, 0.2) is 12.1 Å². The number of halogens is 2. The number of aliphatic hydroxyl groups excluding tert-OH is 1. The summed E-state index contributed by atoms with van der Waals surface area (Å²) in [6.07, 6.45) is 0.473. The van der Waals surface area contributed by atoms with Gasteiger partial charge in [0.1, 0.15) is 5.82 Å². The molecule has 106 valence electrons. The number of aliphatic hydroxyl groups is 1. The SMILES string of the molecule is Cc1cc(C(=O)NC(CCO)C(C)C)c(Cl)cc1F. The molecule has 19 heavy (non-hydrogen) atoms. The Morgan fingerprint density at radius 2 is 2.11 bits per heavy atom. The van der Waals surface area contributed by atoms with Crippen LogP contribution in [0.4, 0.5) is 4.39 Å². The fraction of sp³-hybridized carbons (Fsp3) is 0.500. The summed E-state index contributed by atoms with van der Waals surface area (Å²) in [7, 11) is 0. The highest BCUT2D eigenvalue weighted by molar-refractivity contribution is 6.33. The van der Waals surface area contributed by atoms with Crippen LogP contribution in [0, 0.1) is 18.7 Å². The van der Waals surface area contributed by atoms with E-state index in [4.69, 9.17) is 16.7 Å². The van der Waals surface area contributed by atoms with Gasteiger partial charge in [-0.2, -0.15) is 0 Å². The zero-order valence-corrected chi connectivity index (χ0v) is 12.1. The standard InChI is InChI=1S/C14H19ClFNO2/c1-8(2)13(4-5-18)17-14(19)10-6-9(3)12(16)7-11(10)15/h6-8,13,18H,4-5H2,1-3H3,(H,17,19). The summed E-state index contributed by atoms with van der Waals surface area (Å²) < 4.78 is 13.3. The van der Waals surface area contributed by atoms with Crippen LogP contribution in [-0.4, -0.2) is 23.7 Å². The summed E-state index contributed by atoms with van der Waals surface area (Å²) in [5.74, 6) is -0.589. The Morgan fingerprint density at radius 1 is 1.47 bits per heavy atom. The third-order valence-corrected chi connectivity index (χ3v) is 3.37. The highest BCUT2D eigenvalue weighted by atomic mass is 35.5. The maximum absolute atomic E-state index is 13.3. The molecule has 1 amide bonds. The van der Waals surface area contributed by atoms with Gasteiger partial charge in [-0.3, -0.25) is 4.79 Å². The number of amides is 1. The molecule has 1 rings (SSSR count). The maximum Gasteiger partial charge on any atom is 0.253 e. The lowest BCUT2D eigenvalue weighted by atomic mass is 10.0. The Hall–Kier alpha value is -1.13. The number of benzene rings is 1. The summed E-state index contributed by atoms with van der Waals surface area (Å²) in [6, 6.07) is 2.44. The van der Waals surface area contributed by atoms with Gasteiger partial charge in [0.2, 0.25) is 0 Å². The molecule has 0 aromatic heterocycles. The van der Waals surface area contributed by atoms with E-state index in [0.717, 1.165) is 6.07 Å². The van der Waals surface area contributed by atoms with Crippen molar-refractivity contribution in [2.75, 3.05) is 6.61 Å². The van der Waals surface area contributed by atoms with E-state index in [2.05, 4.69) is 5.32 Å². The number of hydrogen-bond donors (Lipinski definition) is 2. The van der Waals surface area contributed by atoms with Crippen LogP contribution in [0.2, 0.25) is 5.02 Å². The zero-order valence-electron chi connectivity index (χ0n) is 11.3. The molecular formula is C14H19ClFNO2. The first kappa shape index (κ1) is 15.9. The maximum atomic E-state index is 13.3. The summed E-state index contributed by atoms with van der Waals surface area (Å²) in [4.78, 5) is 12.1. The fourth-order valence-corrected chi connectivity index (χ4v) is 2.02. The predicted molar refractivity (Wildman–Crippen MR) is 73.9 cm³/mol. The average molecular weight is 288 g/mol. The molecule has 0 bridgehead atoms. The van der Waals surface area contributed by atoms with Gasteiger partial charge in [-0.25, -0.2) is 4.39 Å². The number of aryl methyl sites for hydroxylation is 1. The van der Waals surface area contributed by atoms with Gasteiger partial charge in [0.05, 0.1) is 10.6 Å². The Morgan fingerprint density at radius 3 is 2.63 bits per heavy atom. The zero-order chi connectivity index (χ0) is 14.6. The van der Waals surface area contributed by atoms with Crippen LogP contribution in [0.1, 0.15) is 36.2 Å². The van der Waals surface area contributed by atoms with E-state index in [1.54, 1.807) is 6.92 Å². The van der Waals surface area contributed by atoms with Crippen LogP contribution >= 0.6 is 11.6 Å². The highest BCUT2D eigenvalue weighted by Crippen LogP contribution is 2.21. The monoisotopic (exact) mass is 287 g/mol. The van der Waals surface area contributed by atoms with Crippen molar-refractivity contribution in [2.24, 2.45) is 5.92 Å². The van der Waals surface area contributed by atoms with E-state index >= 15 is 0 Å². The molecule has 0 aliphatic rings. The third-order valence-electron chi connectivity index (χ3n) is 3.05. The van der Waals surface area contributed by atoms with Gasteiger partial charge in [-0.15, -0.1) is 0 Å². The van der Waals surface area contributed by atoms with E-state index in [-0.39, 0.29) is 35.1 Å². The summed E-state index contributed by atoms with van der Waals surface area (Å²) in [5.41, 5.74) is 0.627. The molecule has 0 aliphatic heterocycles. The second kappa shape index (κ2) is 6.87. The van der Waals surface area contributed by atoms with E-state index in [1.807, 2.05) is 13.8 Å². The minimum absolute atomic E-state index is 0.000690. The Balaban J connectivity index is 2.91. The Labute approximate surface area is 117 Å². The van der Waals surface area contributed by atoms with Gasteiger partial charge in [0.15, 0.2) is 0 Å². The van der Waals surface area contributed by atoms with Gasteiger partial charge >= 0.3 is 0 Å². The summed E-state index contributed by atoms with van der Waals surface area (Å²) in [6.45, 7) is 5.49. The van der Waals surface area contributed by atoms with Crippen molar-refractivity contribution in [3.05, 3.63) is 34.1 Å². The highest BCUT2D eigenvalue weighted by Gasteiger charge is 2.19. The Bertz CT molecular complexity index is 463. The summed E-state index contributed by atoms with van der Waals surface area (Å²) in [5, 5.41) is 11.9. The van der Waals surface area contributed by atoms with Crippen molar-refractivity contribution in [1.29, 1.82) is 0 Å². The normalized spacial score (nSPS) is 12.6. The first-order valence-corrected chi connectivity index (χ1v) is 6.62. The lowest BCUT2D eigenvalue weighted by Gasteiger charge is -2.22. The van der Waals surface area contributed by atoms with Gasteiger partial charge < -0.3 is 10.4 Å². The topological polar surface area (TPSA) is 49.3 Å². The van der Waals surface area contributed by atoms with Crippen molar-refractivity contribution in [2.45, 2.75) is 33.2 Å². The molecule has 5 heteroatoms. The van der Waals surface area contributed by atoms with Gasteiger partial charge in [0, 0.05) is 12.6 Å². The smallest absolute Gasteiger partial charge is 0.253 e. The number of rotatable bonds is 5. The van der Waals surface area contributed by atoms with Crippen LogP contribution in [0.25, 0.3) is 0 Å². The Kier molecular flexibility index (Phi) is 5.76. The molecule has 1 atom stereocenters. The molecule has 0 saturated carbocycles. The van der Waals surface area contributed by atoms with E-state index < -0.39 is 5.82 Å². The van der Waals surface area contributed by atoms with Gasteiger partial charge in [0.25, 0.3) is 5.91 Å². The van der Waals surface area contributed by atoms with Crippen LogP contribution in [0.5, 0.6) is 0 Å². The third kappa shape index (κ3) is 4.18. The molecule has 0 radical (unpaired) electrons. The summed E-state index contributed by atoms with van der Waals surface area (Å²) >= 11 is 5.89. The number of carbonyl (C=O) groups excluding carboxylic acids is 1. The van der Waals surface area contributed by atoms with Crippen molar-refractivity contribution in [3.63, 3.8) is 0 Å². The molecule has 1 unspecified atom stereocenters. The molecule has 0 saturated heterocycles.